The Kier molecular flexibility index (Phi) is 7.59. The van der Waals surface area contributed by atoms with Crippen molar-refractivity contribution in [1.29, 1.82) is 0 Å². The van der Waals surface area contributed by atoms with E-state index in [1.54, 1.807) is 25.1 Å². The second-order valence-corrected chi connectivity index (χ2v) is 12.7. The average molecular weight is 593 g/mol. The van der Waals surface area contributed by atoms with E-state index in [0.717, 1.165) is 11.1 Å². The molecule has 3 unspecified atom stereocenters. The number of carbonyl (C=O) groups excluding carboxylic acids is 1. The first-order valence-corrected chi connectivity index (χ1v) is 14.6. The van der Waals surface area contributed by atoms with Gasteiger partial charge in [-0.05, 0) is 88.6 Å². The van der Waals surface area contributed by atoms with Crippen molar-refractivity contribution in [2.45, 2.75) is 82.6 Å². The summed E-state index contributed by atoms with van der Waals surface area (Å²) in [5.74, 6) is -1.58. The van der Waals surface area contributed by atoms with Crippen molar-refractivity contribution in [3.8, 4) is 0 Å². The number of hydrogen-bond acceptors (Lipinski definition) is 3. The van der Waals surface area contributed by atoms with Crippen LogP contribution >= 0.6 is 0 Å². The number of benzene rings is 2. The van der Waals surface area contributed by atoms with E-state index in [4.69, 9.17) is 0 Å². The summed E-state index contributed by atoms with van der Waals surface area (Å²) in [6, 6.07) is 9.86. The third-order valence-corrected chi connectivity index (χ3v) is 10.2. The van der Waals surface area contributed by atoms with E-state index in [9.17, 15) is 32.3 Å². The normalized spacial score (nSPS) is 29.0. The molecule has 2 aliphatic heterocycles. The van der Waals surface area contributed by atoms with Gasteiger partial charge in [0.05, 0.1) is 11.5 Å². The Hall–Kier alpha value is -3.17. The van der Waals surface area contributed by atoms with Crippen LogP contribution in [-0.2, 0) is 27.1 Å². The standard InChI is InChI=1S/C32H37F5N2O3/c1-4-38-19-26-31(18-20-5-8-23(33)9-6-20,24-10-7-22(17-25(24)38)30(3,34)32(35,36)37)15-16-39(26)27(40)21-11-13-29(2,14-12-21)28(41)42/h5-10,17,21,26H,4,11-16,18-19H2,1-3H3,(H,41,42)/t21-,26?,29-,30?,31?. The Labute approximate surface area is 242 Å². The number of fused-ring (bicyclic) bond motifs is 3. The lowest BCUT2D eigenvalue weighted by molar-refractivity contribution is -0.228. The SMILES string of the molecule is CCN1CC2N(C(=O)[C@H]3CC[C@](C)(C(=O)O)CC3)CCC2(Cc2ccc(F)cc2)c2ccc(C(C)(F)C(F)(F)F)cc21. The van der Waals surface area contributed by atoms with Gasteiger partial charge in [0.15, 0.2) is 0 Å². The largest absolute Gasteiger partial charge is 0.481 e. The zero-order valence-electron chi connectivity index (χ0n) is 24.1. The Bertz CT molecular complexity index is 1350. The number of carboxylic acids is 1. The molecule has 10 heteroatoms. The highest BCUT2D eigenvalue weighted by molar-refractivity contribution is 5.82. The molecule has 0 radical (unpaired) electrons. The number of alkyl halides is 4. The van der Waals surface area contributed by atoms with Crippen LogP contribution in [0.3, 0.4) is 0 Å². The molecule has 2 fully saturated rings. The van der Waals surface area contributed by atoms with Crippen LogP contribution < -0.4 is 4.90 Å². The second-order valence-electron chi connectivity index (χ2n) is 12.7. The fourth-order valence-corrected chi connectivity index (χ4v) is 7.29. The molecule has 2 aromatic carbocycles. The number of aliphatic carboxylic acids is 1. The molecule has 3 atom stereocenters. The van der Waals surface area contributed by atoms with E-state index in [1.165, 1.54) is 24.3 Å². The molecule has 0 bridgehead atoms. The topological polar surface area (TPSA) is 60.9 Å². The highest BCUT2D eigenvalue weighted by atomic mass is 19.4. The average Bonchev–Trinajstić information content (AvgIpc) is 3.31. The van der Waals surface area contributed by atoms with Gasteiger partial charge in [0.25, 0.3) is 0 Å². The molecule has 42 heavy (non-hydrogen) atoms. The fraction of sp³-hybridized carbons (Fsp3) is 0.562. The molecule has 1 saturated carbocycles. The van der Waals surface area contributed by atoms with Gasteiger partial charge in [-0.15, -0.1) is 0 Å². The van der Waals surface area contributed by atoms with Crippen molar-refractivity contribution >= 4 is 17.6 Å². The highest BCUT2D eigenvalue weighted by Gasteiger charge is 2.57. The number of amides is 1. The first kappa shape index (κ1) is 30.3. The van der Waals surface area contributed by atoms with E-state index in [0.29, 0.717) is 70.8 Å². The van der Waals surface area contributed by atoms with Crippen LogP contribution in [0.15, 0.2) is 42.5 Å². The van der Waals surface area contributed by atoms with Crippen LogP contribution in [0.1, 0.15) is 69.6 Å². The quantitative estimate of drug-likeness (QED) is 0.376. The predicted octanol–water partition coefficient (Wildman–Crippen LogP) is 6.78. The minimum Gasteiger partial charge on any atom is -0.481 e. The highest BCUT2D eigenvalue weighted by Crippen LogP contribution is 2.53. The lowest BCUT2D eigenvalue weighted by Gasteiger charge is -2.49. The number of carbonyl (C=O) groups is 2. The molecule has 1 N–H and O–H groups in total. The molecular weight excluding hydrogens is 555 g/mol. The molecule has 2 aromatic rings. The molecule has 1 saturated heterocycles. The molecule has 3 aliphatic rings. The summed E-state index contributed by atoms with van der Waals surface area (Å²) in [7, 11) is 0. The molecule has 1 amide bonds. The Balaban J connectivity index is 1.55. The number of likely N-dealkylation sites (N-methyl/N-ethyl adjacent to an activating group) is 1. The van der Waals surface area contributed by atoms with Crippen molar-refractivity contribution in [1.82, 2.24) is 4.90 Å². The minimum atomic E-state index is -5.09. The maximum atomic E-state index is 15.1. The van der Waals surface area contributed by atoms with Gasteiger partial charge >= 0.3 is 12.1 Å². The zero-order valence-corrected chi connectivity index (χ0v) is 24.1. The van der Waals surface area contributed by atoms with Crippen molar-refractivity contribution in [3.63, 3.8) is 0 Å². The van der Waals surface area contributed by atoms with E-state index in [1.807, 2.05) is 16.7 Å². The van der Waals surface area contributed by atoms with E-state index in [-0.39, 0.29) is 23.7 Å². The summed E-state index contributed by atoms with van der Waals surface area (Å²) in [4.78, 5) is 29.6. The Morgan fingerprint density at radius 2 is 1.67 bits per heavy atom. The van der Waals surface area contributed by atoms with Gasteiger partial charge in [-0.25, -0.2) is 8.78 Å². The number of nitrogens with zero attached hydrogens (tertiary/aromatic N) is 2. The van der Waals surface area contributed by atoms with Gasteiger partial charge in [-0.2, -0.15) is 13.2 Å². The van der Waals surface area contributed by atoms with Crippen LogP contribution in [0, 0.1) is 17.2 Å². The summed E-state index contributed by atoms with van der Waals surface area (Å²) < 4.78 is 69.8. The first-order valence-electron chi connectivity index (χ1n) is 14.6. The van der Waals surface area contributed by atoms with Gasteiger partial charge in [-0.1, -0.05) is 24.3 Å². The zero-order chi connectivity index (χ0) is 30.7. The maximum Gasteiger partial charge on any atom is 0.426 e. The lowest BCUT2D eigenvalue weighted by atomic mass is 9.66. The first-order chi connectivity index (χ1) is 19.6. The van der Waals surface area contributed by atoms with Gasteiger partial charge in [0.2, 0.25) is 11.6 Å². The lowest BCUT2D eigenvalue weighted by Crippen LogP contribution is -2.57. The van der Waals surface area contributed by atoms with E-state index in [2.05, 4.69) is 0 Å². The molecule has 0 spiro atoms. The summed E-state index contributed by atoms with van der Waals surface area (Å²) in [5.41, 5.74) is -3.44. The van der Waals surface area contributed by atoms with Crippen LogP contribution in [-0.4, -0.2) is 53.7 Å². The number of likely N-dealkylation sites (tertiary alicyclic amines) is 1. The van der Waals surface area contributed by atoms with Gasteiger partial charge in [-0.3, -0.25) is 9.59 Å². The van der Waals surface area contributed by atoms with Gasteiger partial charge in [0.1, 0.15) is 5.82 Å². The van der Waals surface area contributed by atoms with Crippen LogP contribution in [0.2, 0.25) is 0 Å². The van der Waals surface area contributed by atoms with Crippen molar-refractivity contribution in [3.05, 3.63) is 65.0 Å². The van der Waals surface area contributed by atoms with Gasteiger partial charge in [0, 0.05) is 42.2 Å². The molecule has 0 aromatic heterocycles. The summed E-state index contributed by atoms with van der Waals surface area (Å²) in [6.07, 6.45) is -2.36. The van der Waals surface area contributed by atoms with Gasteiger partial charge < -0.3 is 14.9 Å². The number of anilines is 1. The molecular formula is C32H37F5N2O3. The number of carboxylic acid groups (broad SMARTS) is 1. The molecule has 228 valence electrons. The summed E-state index contributed by atoms with van der Waals surface area (Å²) in [5, 5.41) is 9.63. The maximum absolute atomic E-state index is 15.1. The predicted molar refractivity (Wildman–Crippen MR) is 148 cm³/mol. The summed E-state index contributed by atoms with van der Waals surface area (Å²) >= 11 is 0. The van der Waals surface area contributed by atoms with Crippen LogP contribution in [0.4, 0.5) is 27.6 Å². The van der Waals surface area contributed by atoms with Crippen molar-refractivity contribution in [2.24, 2.45) is 11.3 Å². The smallest absolute Gasteiger partial charge is 0.426 e. The molecule has 5 nitrogen and oxygen atoms in total. The molecule has 1 aliphatic carbocycles. The van der Waals surface area contributed by atoms with E-state index >= 15 is 4.39 Å². The number of hydrogen-bond donors (Lipinski definition) is 1. The van der Waals surface area contributed by atoms with E-state index < -0.39 is 34.2 Å². The van der Waals surface area contributed by atoms with Crippen LogP contribution in [0.5, 0.6) is 0 Å². The monoisotopic (exact) mass is 592 g/mol. The van der Waals surface area contributed by atoms with Crippen LogP contribution in [0.25, 0.3) is 0 Å². The Morgan fingerprint density at radius 3 is 2.24 bits per heavy atom. The van der Waals surface area contributed by atoms with Crippen molar-refractivity contribution in [2.75, 3.05) is 24.5 Å². The second kappa shape index (κ2) is 10.5. The van der Waals surface area contributed by atoms with Crippen molar-refractivity contribution < 1.29 is 36.6 Å². The molecule has 2 heterocycles. The third-order valence-electron chi connectivity index (χ3n) is 10.2. The third kappa shape index (κ3) is 4.94. The Morgan fingerprint density at radius 1 is 1.02 bits per heavy atom. The summed E-state index contributed by atoms with van der Waals surface area (Å²) in [6.45, 7) is 5.34. The number of halogens is 5. The fourth-order valence-electron chi connectivity index (χ4n) is 7.29. The minimum absolute atomic E-state index is 0.0297. The molecule has 5 rings (SSSR count). The number of rotatable bonds is 6.